The molecule has 136 valence electrons. The third kappa shape index (κ3) is 3.30. The summed E-state index contributed by atoms with van der Waals surface area (Å²) in [7, 11) is 0. The van der Waals surface area contributed by atoms with Gasteiger partial charge in [0.2, 0.25) is 0 Å². The Morgan fingerprint density at radius 1 is 1.00 bits per heavy atom. The molecule has 0 radical (unpaired) electrons. The van der Waals surface area contributed by atoms with Crippen LogP contribution in [-0.4, -0.2) is 36.9 Å². The first-order valence-electron chi connectivity index (χ1n) is 9.20. The van der Waals surface area contributed by atoms with Gasteiger partial charge in [0.25, 0.3) is 0 Å². The molecule has 0 unspecified atom stereocenters. The van der Waals surface area contributed by atoms with Gasteiger partial charge in [-0.25, -0.2) is 4.98 Å². The van der Waals surface area contributed by atoms with Crippen molar-refractivity contribution in [3.8, 4) is 0 Å². The van der Waals surface area contributed by atoms with Gasteiger partial charge in [-0.2, -0.15) is 0 Å². The molecule has 2 aliphatic rings. The minimum atomic E-state index is -0.0335. The van der Waals surface area contributed by atoms with E-state index in [1.807, 2.05) is 12.1 Å². The quantitative estimate of drug-likeness (QED) is 0.794. The number of aromatic nitrogens is 1. The van der Waals surface area contributed by atoms with Crippen LogP contribution in [0, 0.1) is 5.41 Å². The van der Waals surface area contributed by atoms with Crippen LogP contribution in [0.2, 0.25) is 5.02 Å². The Morgan fingerprint density at radius 2 is 1.65 bits per heavy atom. The molecule has 4 nitrogen and oxygen atoms in total. The van der Waals surface area contributed by atoms with Gasteiger partial charge in [-0.3, -0.25) is 4.79 Å². The van der Waals surface area contributed by atoms with E-state index in [0.29, 0.717) is 17.0 Å². The van der Waals surface area contributed by atoms with Crippen molar-refractivity contribution in [3.63, 3.8) is 0 Å². The molecule has 0 bridgehead atoms. The van der Waals surface area contributed by atoms with Crippen LogP contribution in [0.3, 0.4) is 0 Å². The summed E-state index contributed by atoms with van der Waals surface area (Å²) in [5.74, 6) is 0.981. The second-order valence-electron chi connectivity index (χ2n) is 8.04. The molecule has 2 aromatic rings. The second kappa shape index (κ2) is 6.58. The molecule has 0 atom stereocenters. The lowest BCUT2D eigenvalue weighted by Crippen LogP contribution is -2.47. The molecule has 1 fully saturated rings. The van der Waals surface area contributed by atoms with Crippen LogP contribution < -0.4 is 9.80 Å². The first kappa shape index (κ1) is 17.3. The van der Waals surface area contributed by atoms with E-state index in [-0.39, 0.29) is 11.2 Å². The van der Waals surface area contributed by atoms with Gasteiger partial charge in [0.05, 0.1) is 10.7 Å². The zero-order valence-corrected chi connectivity index (χ0v) is 16.1. The maximum atomic E-state index is 12.4. The summed E-state index contributed by atoms with van der Waals surface area (Å²) in [5.41, 5.74) is 2.83. The molecule has 0 saturated carbocycles. The number of para-hydroxylation sites is 1. The molecule has 0 spiro atoms. The normalized spacial score (nSPS) is 19.4. The van der Waals surface area contributed by atoms with Crippen LogP contribution in [0.4, 0.5) is 11.5 Å². The zero-order chi connectivity index (χ0) is 18.3. The number of anilines is 2. The van der Waals surface area contributed by atoms with Crippen LogP contribution in [0.15, 0.2) is 36.4 Å². The number of hydrogen-bond acceptors (Lipinski definition) is 4. The van der Waals surface area contributed by atoms with Gasteiger partial charge in [0.15, 0.2) is 5.78 Å². The molecule has 0 N–H and O–H groups in total. The Balaban J connectivity index is 1.55. The van der Waals surface area contributed by atoms with E-state index in [0.717, 1.165) is 44.1 Å². The lowest BCUT2D eigenvalue weighted by molar-refractivity contribution is 0.0910. The Hall–Kier alpha value is -2.07. The van der Waals surface area contributed by atoms with Crippen molar-refractivity contribution in [1.29, 1.82) is 0 Å². The smallest absolute Gasteiger partial charge is 0.165 e. The number of fused-ring (bicyclic) bond motifs is 1. The van der Waals surface area contributed by atoms with Gasteiger partial charge in [0, 0.05) is 43.9 Å². The predicted molar refractivity (Wildman–Crippen MR) is 107 cm³/mol. The van der Waals surface area contributed by atoms with Gasteiger partial charge in [-0.05, 0) is 30.0 Å². The summed E-state index contributed by atoms with van der Waals surface area (Å²) < 4.78 is 0. The molecule has 0 amide bonds. The van der Waals surface area contributed by atoms with Crippen molar-refractivity contribution in [2.45, 2.75) is 26.7 Å². The van der Waals surface area contributed by atoms with E-state index >= 15 is 0 Å². The van der Waals surface area contributed by atoms with Crippen LogP contribution in [-0.2, 0) is 6.42 Å². The number of benzene rings is 1. The number of rotatable bonds is 2. The van der Waals surface area contributed by atoms with Crippen LogP contribution in [0.1, 0.15) is 36.3 Å². The monoisotopic (exact) mass is 369 g/mol. The Morgan fingerprint density at radius 3 is 2.35 bits per heavy atom. The SMILES string of the molecule is CC1(C)CC(=O)c2cc(Cl)c(N3CCN(c4ccccc4)CC3)nc2C1. The summed E-state index contributed by atoms with van der Waals surface area (Å²) in [5, 5.41) is 0.588. The molecule has 2 heterocycles. The highest BCUT2D eigenvalue weighted by atomic mass is 35.5. The topological polar surface area (TPSA) is 36.4 Å². The minimum absolute atomic E-state index is 0.0335. The van der Waals surface area contributed by atoms with E-state index in [2.05, 4.69) is 47.9 Å². The summed E-state index contributed by atoms with van der Waals surface area (Å²) in [6.07, 6.45) is 1.38. The average Bonchev–Trinajstić information content (AvgIpc) is 2.62. The fourth-order valence-electron chi connectivity index (χ4n) is 3.97. The van der Waals surface area contributed by atoms with E-state index in [4.69, 9.17) is 16.6 Å². The largest absolute Gasteiger partial charge is 0.368 e. The number of nitrogens with zero attached hydrogens (tertiary/aromatic N) is 3. The van der Waals surface area contributed by atoms with Crippen molar-refractivity contribution in [3.05, 3.63) is 52.7 Å². The summed E-state index contributed by atoms with van der Waals surface area (Å²) in [6.45, 7) is 7.87. The Labute approximate surface area is 159 Å². The van der Waals surface area contributed by atoms with Crippen molar-refractivity contribution < 1.29 is 4.79 Å². The molecule has 1 aromatic carbocycles. The van der Waals surface area contributed by atoms with Crippen LogP contribution in [0.25, 0.3) is 0 Å². The number of carbonyl (C=O) groups excluding carboxylic acids is 1. The second-order valence-corrected chi connectivity index (χ2v) is 8.45. The molecule has 26 heavy (non-hydrogen) atoms. The van der Waals surface area contributed by atoms with Crippen molar-refractivity contribution in [1.82, 2.24) is 4.98 Å². The molecule has 1 aliphatic carbocycles. The van der Waals surface area contributed by atoms with Crippen LogP contribution in [0.5, 0.6) is 0 Å². The van der Waals surface area contributed by atoms with E-state index < -0.39 is 0 Å². The van der Waals surface area contributed by atoms with Gasteiger partial charge in [0.1, 0.15) is 5.82 Å². The lowest BCUT2D eigenvalue weighted by atomic mass is 9.75. The van der Waals surface area contributed by atoms with Gasteiger partial charge in [-0.1, -0.05) is 43.6 Å². The highest BCUT2D eigenvalue weighted by Gasteiger charge is 2.33. The van der Waals surface area contributed by atoms with Crippen molar-refractivity contribution in [2.75, 3.05) is 36.0 Å². The van der Waals surface area contributed by atoms with E-state index in [9.17, 15) is 4.79 Å². The molecular formula is C21H24ClN3O. The number of Topliss-reactive ketones (excluding diaryl/α,β-unsaturated/α-hetero) is 1. The summed E-state index contributed by atoms with van der Waals surface area (Å²) in [4.78, 5) is 21.9. The predicted octanol–water partition coefficient (Wildman–Crippen LogP) is 4.22. The van der Waals surface area contributed by atoms with Gasteiger partial charge < -0.3 is 9.80 Å². The number of halogens is 1. The highest BCUT2D eigenvalue weighted by molar-refractivity contribution is 6.33. The molecule has 1 aliphatic heterocycles. The van der Waals surface area contributed by atoms with E-state index in [1.165, 1.54) is 5.69 Å². The molecule has 1 aromatic heterocycles. The van der Waals surface area contributed by atoms with Crippen molar-refractivity contribution >= 4 is 28.9 Å². The zero-order valence-electron chi connectivity index (χ0n) is 15.3. The van der Waals surface area contributed by atoms with Crippen molar-refractivity contribution in [2.24, 2.45) is 5.41 Å². The maximum Gasteiger partial charge on any atom is 0.165 e. The number of pyridine rings is 1. The Kier molecular flexibility index (Phi) is 4.39. The number of hydrogen-bond donors (Lipinski definition) is 0. The number of carbonyl (C=O) groups is 1. The molecule has 1 saturated heterocycles. The number of piperazine rings is 1. The summed E-state index contributed by atoms with van der Waals surface area (Å²) >= 11 is 6.51. The molecule has 4 rings (SSSR count). The van der Waals surface area contributed by atoms with Gasteiger partial charge in [-0.15, -0.1) is 0 Å². The standard InChI is InChI=1S/C21H24ClN3O/c1-21(2)13-18-16(19(26)14-21)12-17(22)20(23-18)25-10-8-24(9-11-25)15-6-4-3-5-7-15/h3-7,12H,8-11,13-14H2,1-2H3. The maximum absolute atomic E-state index is 12.4. The number of ketones is 1. The van der Waals surface area contributed by atoms with Gasteiger partial charge >= 0.3 is 0 Å². The third-order valence-corrected chi connectivity index (χ3v) is 5.60. The fourth-order valence-corrected chi connectivity index (χ4v) is 4.25. The lowest BCUT2D eigenvalue weighted by Gasteiger charge is -2.38. The molecule has 5 heteroatoms. The molecular weight excluding hydrogens is 346 g/mol. The first-order valence-corrected chi connectivity index (χ1v) is 9.58. The van der Waals surface area contributed by atoms with Crippen LogP contribution >= 0.6 is 11.6 Å². The minimum Gasteiger partial charge on any atom is -0.368 e. The average molecular weight is 370 g/mol. The van der Waals surface area contributed by atoms with E-state index in [1.54, 1.807) is 0 Å². The highest BCUT2D eigenvalue weighted by Crippen LogP contribution is 2.37. The Bertz CT molecular complexity index is 827. The summed E-state index contributed by atoms with van der Waals surface area (Å²) in [6, 6.07) is 12.3. The third-order valence-electron chi connectivity index (χ3n) is 5.32. The fraction of sp³-hybridized carbons (Fsp3) is 0.429. The first-order chi connectivity index (χ1) is 12.4.